The summed E-state index contributed by atoms with van der Waals surface area (Å²) in [6, 6.07) is 14.2. The SMILES string of the molecule is COC(=O)N(C)c1ccc(NC(=O)c2cnn(-c3ccc(Cl)cc3)c2C(C)C)cc1. The number of methoxy groups -OCH3 is 1. The second-order valence-electron chi connectivity index (χ2n) is 7.02. The van der Waals surface area contributed by atoms with Gasteiger partial charge in [-0.05, 0) is 54.4 Å². The second kappa shape index (κ2) is 9.00. The van der Waals surface area contributed by atoms with Crippen LogP contribution >= 0.6 is 11.6 Å². The van der Waals surface area contributed by atoms with Crippen molar-refractivity contribution in [3.63, 3.8) is 0 Å². The highest BCUT2D eigenvalue weighted by Crippen LogP contribution is 2.25. The predicted octanol–water partition coefficient (Wildman–Crippen LogP) is 5.10. The number of aromatic nitrogens is 2. The monoisotopic (exact) mass is 426 g/mol. The smallest absolute Gasteiger partial charge is 0.413 e. The summed E-state index contributed by atoms with van der Waals surface area (Å²) in [4.78, 5) is 25.9. The lowest BCUT2D eigenvalue weighted by molar-refractivity contribution is 0.102. The van der Waals surface area contributed by atoms with Crippen molar-refractivity contribution < 1.29 is 14.3 Å². The van der Waals surface area contributed by atoms with Gasteiger partial charge in [-0.3, -0.25) is 9.69 Å². The number of hydrogen-bond acceptors (Lipinski definition) is 4. The minimum Gasteiger partial charge on any atom is -0.452 e. The molecule has 8 heteroatoms. The van der Waals surface area contributed by atoms with Gasteiger partial charge < -0.3 is 10.1 Å². The van der Waals surface area contributed by atoms with Gasteiger partial charge in [-0.25, -0.2) is 9.48 Å². The molecule has 0 unspecified atom stereocenters. The minimum absolute atomic E-state index is 0.0695. The van der Waals surface area contributed by atoms with Crippen LogP contribution in [0.3, 0.4) is 0 Å². The number of amides is 2. The fraction of sp³-hybridized carbons (Fsp3) is 0.227. The first-order valence-corrected chi connectivity index (χ1v) is 9.76. The Morgan fingerprint density at radius 2 is 1.73 bits per heavy atom. The standard InChI is InChI=1S/C22H23ClN4O3/c1-14(2)20-19(13-24-27(20)18-9-5-15(23)6-10-18)21(28)25-16-7-11-17(12-8-16)26(3)22(29)30-4/h5-14H,1-4H3,(H,25,28). The zero-order valence-corrected chi connectivity index (χ0v) is 18.0. The van der Waals surface area contributed by atoms with Crippen molar-refractivity contribution in [1.82, 2.24) is 9.78 Å². The highest BCUT2D eigenvalue weighted by molar-refractivity contribution is 6.30. The van der Waals surface area contributed by atoms with Crippen LogP contribution in [0.25, 0.3) is 5.69 Å². The van der Waals surface area contributed by atoms with Crippen molar-refractivity contribution in [2.45, 2.75) is 19.8 Å². The van der Waals surface area contributed by atoms with Crippen LogP contribution in [0.2, 0.25) is 5.02 Å². The quantitative estimate of drug-likeness (QED) is 0.615. The minimum atomic E-state index is -0.469. The largest absolute Gasteiger partial charge is 0.452 e. The summed E-state index contributed by atoms with van der Waals surface area (Å²) in [5.74, 6) is -0.187. The second-order valence-corrected chi connectivity index (χ2v) is 7.45. The van der Waals surface area contributed by atoms with Crippen LogP contribution in [-0.4, -0.2) is 35.9 Å². The fourth-order valence-electron chi connectivity index (χ4n) is 3.09. The van der Waals surface area contributed by atoms with Gasteiger partial charge in [0.05, 0.1) is 30.3 Å². The summed E-state index contributed by atoms with van der Waals surface area (Å²) in [5, 5.41) is 7.94. The number of carbonyl (C=O) groups is 2. The molecular formula is C22H23ClN4O3. The van der Waals surface area contributed by atoms with E-state index in [1.54, 1.807) is 54.3 Å². The van der Waals surface area contributed by atoms with Crippen LogP contribution < -0.4 is 10.2 Å². The van der Waals surface area contributed by atoms with E-state index in [2.05, 4.69) is 10.4 Å². The Labute approximate surface area is 180 Å². The molecule has 0 saturated heterocycles. The normalized spacial score (nSPS) is 10.7. The molecule has 1 aromatic heterocycles. The van der Waals surface area contributed by atoms with Crippen LogP contribution in [0.4, 0.5) is 16.2 Å². The number of ether oxygens (including phenoxy) is 1. The van der Waals surface area contributed by atoms with E-state index in [4.69, 9.17) is 16.3 Å². The Morgan fingerprint density at radius 1 is 1.10 bits per heavy atom. The summed E-state index contributed by atoms with van der Waals surface area (Å²) >= 11 is 5.98. The molecule has 0 spiro atoms. The number of halogens is 1. The van der Waals surface area contributed by atoms with Crippen LogP contribution in [-0.2, 0) is 4.74 Å². The van der Waals surface area contributed by atoms with E-state index in [-0.39, 0.29) is 11.8 Å². The number of hydrogen-bond donors (Lipinski definition) is 1. The zero-order valence-electron chi connectivity index (χ0n) is 17.2. The van der Waals surface area contributed by atoms with E-state index >= 15 is 0 Å². The number of rotatable bonds is 5. The molecular weight excluding hydrogens is 404 g/mol. The summed E-state index contributed by atoms with van der Waals surface area (Å²) in [6.07, 6.45) is 1.10. The van der Waals surface area contributed by atoms with Gasteiger partial charge in [0.1, 0.15) is 0 Å². The summed E-state index contributed by atoms with van der Waals surface area (Å²) in [6.45, 7) is 4.02. The molecule has 0 fully saturated rings. The van der Waals surface area contributed by atoms with Gasteiger partial charge in [-0.2, -0.15) is 5.10 Å². The van der Waals surface area contributed by atoms with E-state index in [0.29, 0.717) is 22.0 Å². The molecule has 0 aliphatic carbocycles. The Bertz CT molecular complexity index is 1040. The van der Waals surface area contributed by atoms with Gasteiger partial charge >= 0.3 is 6.09 Å². The molecule has 156 valence electrons. The first kappa shape index (κ1) is 21.4. The molecule has 2 aromatic carbocycles. The highest BCUT2D eigenvalue weighted by Gasteiger charge is 2.21. The zero-order chi connectivity index (χ0) is 21.8. The number of benzene rings is 2. The van der Waals surface area contributed by atoms with Gasteiger partial charge in [0.2, 0.25) is 0 Å². The number of nitrogens with zero attached hydrogens (tertiary/aromatic N) is 3. The molecule has 0 atom stereocenters. The fourth-order valence-corrected chi connectivity index (χ4v) is 3.21. The summed E-state index contributed by atoms with van der Waals surface area (Å²) in [5.41, 5.74) is 3.39. The van der Waals surface area contributed by atoms with E-state index in [0.717, 1.165) is 11.4 Å². The Hall–Kier alpha value is -3.32. The van der Waals surface area contributed by atoms with Gasteiger partial charge in [0.15, 0.2) is 0 Å². The van der Waals surface area contributed by atoms with Gasteiger partial charge in [0, 0.05) is 23.4 Å². The Morgan fingerprint density at radius 3 is 2.30 bits per heavy atom. The third-order valence-electron chi connectivity index (χ3n) is 4.63. The lowest BCUT2D eigenvalue weighted by Crippen LogP contribution is -2.25. The van der Waals surface area contributed by atoms with Crippen molar-refractivity contribution >= 4 is 35.0 Å². The van der Waals surface area contributed by atoms with Crippen molar-refractivity contribution in [3.8, 4) is 5.69 Å². The van der Waals surface area contributed by atoms with Gasteiger partial charge in [-0.1, -0.05) is 25.4 Å². The third kappa shape index (κ3) is 4.46. The van der Waals surface area contributed by atoms with Crippen molar-refractivity contribution in [1.29, 1.82) is 0 Å². The maximum Gasteiger partial charge on any atom is 0.413 e. The third-order valence-corrected chi connectivity index (χ3v) is 4.88. The topological polar surface area (TPSA) is 76.5 Å². The number of nitrogens with one attached hydrogen (secondary N) is 1. The van der Waals surface area contributed by atoms with Crippen molar-refractivity contribution in [3.05, 3.63) is 71.0 Å². The van der Waals surface area contributed by atoms with E-state index in [1.165, 1.54) is 12.0 Å². The maximum absolute atomic E-state index is 12.9. The molecule has 0 aliphatic heterocycles. The predicted molar refractivity (Wildman–Crippen MR) is 118 cm³/mol. The van der Waals surface area contributed by atoms with E-state index in [9.17, 15) is 9.59 Å². The number of anilines is 2. The first-order valence-electron chi connectivity index (χ1n) is 9.38. The molecule has 7 nitrogen and oxygen atoms in total. The molecule has 0 bridgehead atoms. The van der Waals surface area contributed by atoms with E-state index < -0.39 is 6.09 Å². The molecule has 0 radical (unpaired) electrons. The summed E-state index contributed by atoms with van der Waals surface area (Å²) in [7, 11) is 2.93. The lowest BCUT2D eigenvalue weighted by Gasteiger charge is -2.16. The van der Waals surface area contributed by atoms with Crippen LogP contribution in [0.1, 0.15) is 35.8 Å². The number of carbonyl (C=O) groups excluding carboxylic acids is 2. The van der Waals surface area contributed by atoms with Gasteiger partial charge in [0.25, 0.3) is 5.91 Å². The van der Waals surface area contributed by atoms with Crippen LogP contribution in [0.15, 0.2) is 54.7 Å². The molecule has 1 N–H and O–H groups in total. The molecule has 0 saturated carbocycles. The van der Waals surface area contributed by atoms with Crippen molar-refractivity contribution in [2.24, 2.45) is 0 Å². The van der Waals surface area contributed by atoms with Crippen LogP contribution in [0, 0.1) is 0 Å². The first-order chi connectivity index (χ1) is 14.3. The maximum atomic E-state index is 12.9. The summed E-state index contributed by atoms with van der Waals surface area (Å²) < 4.78 is 6.45. The lowest BCUT2D eigenvalue weighted by atomic mass is 10.0. The van der Waals surface area contributed by atoms with Crippen molar-refractivity contribution in [2.75, 3.05) is 24.4 Å². The Balaban J connectivity index is 1.83. The Kier molecular flexibility index (Phi) is 6.42. The van der Waals surface area contributed by atoms with E-state index in [1.807, 2.05) is 26.0 Å². The molecule has 0 aliphatic rings. The molecule has 3 aromatic rings. The molecule has 3 rings (SSSR count). The van der Waals surface area contributed by atoms with Crippen LogP contribution in [0.5, 0.6) is 0 Å². The highest BCUT2D eigenvalue weighted by atomic mass is 35.5. The molecule has 2 amide bonds. The molecule has 30 heavy (non-hydrogen) atoms. The average molecular weight is 427 g/mol. The molecule has 1 heterocycles. The van der Waals surface area contributed by atoms with Gasteiger partial charge in [-0.15, -0.1) is 0 Å². The average Bonchev–Trinajstić information content (AvgIpc) is 3.19.